The van der Waals surface area contributed by atoms with Crippen LogP contribution in [-0.4, -0.2) is 24.6 Å². The summed E-state index contributed by atoms with van der Waals surface area (Å²) >= 11 is 0. The van der Waals surface area contributed by atoms with Gasteiger partial charge >= 0.3 is 0 Å². The Bertz CT molecular complexity index is 1150. The molecule has 0 aliphatic heterocycles. The molecule has 0 saturated carbocycles. The maximum atomic E-state index is 12.2. The van der Waals surface area contributed by atoms with Gasteiger partial charge in [-0.2, -0.15) is 0 Å². The van der Waals surface area contributed by atoms with E-state index in [1.165, 1.54) is 0 Å². The van der Waals surface area contributed by atoms with Crippen LogP contribution in [0.2, 0.25) is 0 Å². The van der Waals surface area contributed by atoms with Crippen molar-refractivity contribution in [3.63, 3.8) is 0 Å². The highest BCUT2D eigenvalue weighted by Gasteiger charge is 2.08. The van der Waals surface area contributed by atoms with Crippen molar-refractivity contribution in [2.45, 2.75) is 0 Å². The summed E-state index contributed by atoms with van der Waals surface area (Å²) in [5.74, 6) is 0.863. The molecule has 0 fully saturated rings. The Morgan fingerprint density at radius 1 is 0.867 bits per heavy atom. The van der Waals surface area contributed by atoms with Gasteiger partial charge in [0.05, 0.1) is 18.3 Å². The van der Waals surface area contributed by atoms with E-state index >= 15 is 0 Å². The van der Waals surface area contributed by atoms with Crippen molar-refractivity contribution in [3.8, 4) is 11.5 Å². The Balaban J connectivity index is 1.37. The van der Waals surface area contributed by atoms with Gasteiger partial charge in [-0.3, -0.25) is 9.78 Å². The van der Waals surface area contributed by atoms with Gasteiger partial charge in [0.2, 0.25) is 0 Å². The minimum Gasteiger partial charge on any atom is -0.493 e. The highest BCUT2D eigenvalue weighted by molar-refractivity contribution is 5.93. The number of para-hydroxylation sites is 3. The van der Waals surface area contributed by atoms with Crippen LogP contribution in [-0.2, 0) is 4.79 Å². The number of amides is 1. The number of methoxy groups -OCH3 is 1. The predicted octanol–water partition coefficient (Wildman–Crippen LogP) is 5.00. The number of nitrogens with zero attached hydrogens (tertiary/aromatic N) is 1. The third-order valence-electron chi connectivity index (χ3n) is 4.51. The fourth-order valence-electron chi connectivity index (χ4n) is 3.08. The summed E-state index contributed by atoms with van der Waals surface area (Å²) in [7, 11) is 1.56. The van der Waals surface area contributed by atoms with Crippen molar-refractivity contribution in [3.05, 3.63) is 85.1 Å². The lowest BCUT2D eigenvalue weighted by molar-refractivity contribution is -0.118. The normalized spacial score (nSPS) is 10.4. The molecule has 6 heteroatoms. The lowest BCUT2D eigenvalue weighted by atomic mass is 10.2. The summed E-state index contributed by atoms with van der Waals surface area (Å²) in [5, 5.41) is 7.27. The van der Waals surface area contributed by atoms with Crippen LogP contribution in [0.4, 0.5) is 17.1 Å². The molecule has 6 nitrogen and oxygen atoms in total. The van der Waals surface area contributed by atoms with Crippen molar-refractivity contribution in [1.29, 1.82) is 0 Å². The van der Waals surface area contributed by atoms with E-state index < -0.39 is 0 Å². The maximum absolute atomic E-state index is 12.2. The van der Waals surface area contributed by atoms with E-state index in [4.69, 9.17) is 9.47 Å². The highest BCUT2D eigenvalue weighted by Crippen LogP contribution is 2.26. The Hall–Kier alpha value is -4.06. The molecule has 4 rings (SSSR count). The molecule has 1 heterocycles. The number of hydrogen-bond donors (Lipinski definition) is 2. The van der Waals surface area contributed by atoms with E-state index in [2.05, 4.69) is 15.6 Å². The zero-order valence-corrected chi connectivity index (χ0v) is 16.5. The lowest BCUT2D eigenvalue weighted by Gasteiger charge is -2.12. The number of aromatic nitrogens is 1. The number of benzene rings is 3. The maximum Gasteiger partial charge on any atom is 0.262 e. The van der Waals surface area contributed by atoms with Crippen LogP contribution < -0.4 is 20.1 Å². The smallest absolute Gasteiger partial charge is 0.262 e. The molecule has 1 amide bonds. The molecule has 1 aromatic heterocycles. The van der Waals surface area contributed by atoms with Gasteiger partial charge in [-0.15, -0.1) is 0 Å². The molecule has 0 spiro atoms. The zero-order chi connectivity index (χ0) is 20.8. The van der Waals surface area contributed by atoms with Gasteiger partial charge in [-0.25, -0.2) is 0 Å². The van der Waals surface area contributed by atoms with Gasteiger partial charge < -0.3 is 20.1 Å². The van der Waals surface area contributed by atoms with E-state index in [1.54, 1.807) is 25.4 Å². The summed E-state index contributed by atoms with van der Waals surface area (Å²) in [5.41, 5.74) is 3.42. The first-order chi connectivity index (χ1) is 14.7. The lowest BCUT2D eigenvalue weighted by Crippen LogP contribution is -2.20. The topological polar surface area (TPSA) is 72.5 Å². The van der Waals surface area contributed by atoms with Crippen molar-refractivity contribution in [2.75, 3.05) is 24.4 Å². The van der Waals surface area contributed by atoms with Gasteiger partial charge in [0, 0.05) is 23.0 Å². The molecule has 0 aliphatic carbocycles. The monoisotopic (exact) mass is 399 g/mol. The average Bonchev–Trinajstić information content (AvgIpc) is 2.79. The highest BCUT2D eigenvalue weighted by atomic mass is 16.5. The van der Waals surface area contributed by atoms with E-state index in [9.17, 15) is 4.79 Å². The van der Waals surface area contributed by atoms with Crippen LogP contribution >= 0.6 is 0 Å². The van der Waals surface area contributed by atoms with Crippen LogP contribution in [0, 0.1) is 0 Å². The first-order valence-corrected chi connectivity index (χ1v) is 9.49. The molecule has 3 aromatic carbocycles. The van der Waals surface area contributed by atoms with Gasteiger partial charge in [0.15, 0.2) is 18.1 Å². The summed E-state index contributed by atoms with van der Waals surface area (Å²) < 4.78 is 10.8. The van der Waals surface area contributed by atoms with Crippen molar-refractivity contribution in [2.24, 2.45) is 0 Å². The SMILES string of the molecule is COc1ccccc1OCC(=O)Nc1ccc(Nc2cccc3cccnc23)cc1. The number of rotatable bonds is 7. The van der Waals surface area contributed by atoms with Crippen LogP contribution in [0.5, 0.6) is 11.5 Å². The van der Waals surface area contributed by atoms with Crippen molar-refractivity contribution in [1.82, 2.24) is 4.98 Å². The molecule has 0 saturated heterocycles. The molecule has 4 aromatic rings. The Kier molecular flexibility index (Phi) is 5.75. The number of ether oxygens (including phenoxy) is 2. The quantitative estimate of drug-likeness (QED) is 0.457. The van der Waals surface area contributed by atoms with E-state index in [0.29, 0.717) is 17.2 Å². The molecule has 2 N–H and O–H groups in total. The van der Waals surface area contributed by atoms with Gasteiger partial charge in [-0.1, -0.05) is 30.3 Å². The average molecular weight is 399 g/mol. The van der Waals surface area contributed by atoms with E-state index in [0.717, 1.165) is 22.3 Å². The van der Waals surface area contributed by atoms with Gasteiger partial charge in [-0.05, 0) is 48.5 Å². The second-order valence-corrected chi connectivity index (χ2v) is 6.57. The summed E-state index contributed by atoms with van der Waals surface area (Å²) in [6, 6.07) is 24.6. The molecule has 0 bridgehead atoms. The predicted molar refractivity (Wildman–Crippen MR) is 119 cm³/mol. The molecule has 0 atom stereocenters. The van der Waals surface area contributed by atoms with Crippen LogP contribution in [0.1, 0.15) is 0 Å². The van der Waals surface area contributed by atoms with E-state index in [-0.39, 0.29) is 12.5 Å². The largest absolute Gasteiger partial charge is 0.493 e. The number of carbonyl (C=O) groups excluding carboxylic acids is 1. The van der Waals surface area contributed by atoms with Gasteiger partial charge in [0.25, 0.3) is 5.91 Å². The second-order valence-electron chi connectivity index (χ2n) is 6.57. The summed E-state index contributed by atoms with van der Waals surface area (Å²) in [4.78, 5) is 16.7. The number of pyridine rings is 1. The number of anilines is 3. The number of fused-ring (bicyclic) bond motifs is 1. The fraction of sp³-hybridized carbons (Fsp3) is 0.0833. The standard InChI is InChI=1S/C24H21N3O3/c1-29-21-9-2-3-10-22(21)30-16-23(28)27-19-13-11-18(12-14-19)26-20-8-4-6-17-7-5-15-25-24(17)20/h2-15,26H,16H2,1H3,(H,27,28). The van der Waals surface area contributed by atoms with Crippen LogP contribution in [0.15, 0.2) is 85.1 Å². The molecule has 30 heavy (non-hydrogen) atoms. The summed E-state index contributed by atoms with van der Waals surface area (Å²) in [6.07, 6.45) is 1.78. The Morgan fingerprint density at radius 3 is 2.40 bits per heavy atom. The van der Waals surface area contributed by atoms with Crippen molar-refractivity contribution < 1.29 is 14.3 Å². The van der Waals surface area contributed by atoms with Gasteiger partial charge in [0.1, 0.15) is 0 Å². The minimum atomic E-state index is -0.250. The third-order valence-corrected chi connectivity index (χ3v) is 4.51. The molecule has 0 aliphatic rings. The number of nitrogens with one attached hydrogen (secondary N) is 2. The third kappa shape index (κ3) is 4.50. The second kappa shape index (κ2) is 8.96. The minimum absolute atomic E-state index is 0.109. The fourth-order valence-corrected chi connectivity index (χ4v) is 3.08. The van der Waals surface area contributed by atoms with Crippen LogP contribution in [0.3, 0.4) is 0 Å². The molecule has 0 unspecified atom stereocenters. The number of hydrogen-bond acceptors (Lipinski definition) is 5. The molecule has 150 valence electrons. The van der Waals surface area contributed by atoms with E-state index in [1.807, 2.05) is 66.7 Å². The first-order valence-electron chi connectivity index (χ1n) is 9.49. The number of carbonyl (C=O) groups is 1. The molecular weight excluding hydrogens is 378 g/mol. The van der Waals surface area contributed by atoms with Crippen molar-refractivity contribution >= 4 is 33.9 Å². The first kappa shape index (κ1) is 19.3. The Morgan fingerprint density at radius 2 is 1.60 bits per heavy atom. The summed E-state index contributed by atoms with van der Waals surface area (Å²) in [6.45, 7) is -0.109. The molecule has 0 radical (unpaired) electrons. The Labute approximate surface area is 174 Å². The zero-order valence-electron chi connectivity index (χ0n) is 16.5. The van der Waals surface area contributed by atoms with Crippen LogP contribution in [0.25, 0.3) is 10.9 Å². The molecular formula is C24H21N3O3.